The number of methoxy groups -OCH3 is 1. The third kappa shape index (κ3) is 6.49. The number of hydrogen-bond acceptors (Lipinski definition) is 5. The molecule has 2 heterocycles. The van der Waals surface area contributed by atoms with E-state index in [0.717, 1.165) is 54.1 Å². The molecule has 0 aliphatic carbocycles. The van der Waals surface area contributed by atoms with Crippen LogP contribution in [0.25, 0.3) is 0 Å². The number of nitrogens with zero attached hydrogens (tertiary/aromatic N) is 3. The number of piperidine rings is 1. The summed E-state index contributed by atoms with van der Waals surface area (Å²) in [5.41, 5.74) is 5.02. The van der Waals surface area contributed by atoms with E-state index in [0.29, 0.717) is 22.4 Å². The van der Waals surface area contributed by atoms with E-state index in [1.165, 1.54) is 12.8 Å². The Morgan fingerprint density at radius 2 is 1.71 bits per heavy atom. The Hall–Kier alpha value is -3.22. The molecule has 218 valence electrons. The number of carbonyl (C=O) groups is 1. The molecule has 0 N–H and O–H groups in total. The molecular formula is C34H42ClN3O3. The van der Waals surface area contributed by atoms with E-state index >= 15 is 0 Å². The SMILES string of the molecule is CC[C@@H](C)Oc1cc2c(cc1OC)CC(=O)N(c1ccc(N(C)CC3CCN(C)CC3)cc1)C2c1ccc(Cl)cc1. The summed E-state index contributed by atoms with van der Waals surface area (Å²) >= 11 is 6.27. The third-order valence-electron chi connectivity index (χ3n) is 8.62. The fourth-order valence-electron chi connectivity index (χ4n) is 5.98. The van der Waals surface area contributed by atoms with Crippen LogP contribution in [0.5, 0.6) is 11.5 Å². The van der Waals surface area contributed by atoms with Crippen LogP contribution in [0.3, 0.4) is 0 Å². The number of fused-ring (bicyclic) bond motifs is 1. The zero-order valence-corrected chi connectivity index (χ0v) is 25.7. The van der Waals surface area contributed by atoms with E-state index in [1.54, 1.807) is 7.11 Å². The maximum absolute atomic E-state index is 13.8. The molecule has 0 radical (unpaired) electrons. The van der Waals surface area contributed by atoms with Gasteiger partial charge in [-0.05, 0) is 117 Å². The molecule has 2 aliphatic rings. The highest BCUT2D eigenvalue weighted by Crippen LogP contribution is 2.44. The molecule has 7 heteroatoms. The Bertz CT molecular complexity index is 1340. The summed E-state index contributed by atoms with van der Waals surface area (Å²) in [7, 11) is 6.01. The molecule has 5 rings (SSSR count). The van der Waals surface area contributed by atoms with Gasteiger partial charge >= 0.3 is 0 Å². The number of rotatable bonds is 9. The van der Waals surface area contributed by atoms with Crippen LogP contribution in [-0.2, 0) is 11.2 Å². The molecule has 1 unspecified atom stereocenters. The van der Waals surface area contributed by atoms with Crippen molar-refractivity contribution in [3.63, 3.8) is 0 Å². The summed E-state index contributed by atoms with van der Waals surface area (Å²) in [6, 6.07) is 19.9. The minimum atomic E-state index is -0.323. The van der Waals surface area contributed by atoms with E-state index < -0.39 is 0 Å². The van der Waals surface area contributed by atoms with E-state index in [2.05, 4.69) is 68.1 Å². The van der Waals surface area contributed by atoms with Gasteiger partial charge in [0, 0.05) is 30.0 Å². The number of anilines is 2. The van der Waals surface area contributed by atoms with Crippen molar-refractivity contribution in [1.29, 1.82) is 0 Å². The van der Waals surface area contributed by atoms with Gasteiger partial charge in [-0.15, -0.1) is 0 Å². The summed E-state index contributed by atoms with van der Waals surface area (Å²) in [6.07, 6.45) is 3.67. The molecule has 41 heavy (non-hydrogen) atoms. The monoisotopic (exact) mass is 575 g/mol. The summed E-state index contributed by atoms with van der Waals surface area (Å²) in [5, 5.41) is 0.662. The number of likely N-dealkylation sites (tertiary alicyclic amines) is 1. The van der Waals surface area contributed by atoms with Crippen LogP contribution in [0.4, 0.5) is 11.4 Å². The van der Waals surface area contributed by atoms with Gasteiger partial charge in [-0.2, -0.15) is 0 Å². The third-order valence-corrected chi connectivity index (χ3v) is 8.87. The highest BCUT2D eigenvalue weighted by Gasteiger charge is 2.36. The predicted octanol–water partition coefficient (Wildman–Crippen LogP) is 6.98. The Morgan fingerprint density at radius 1 is 1.02 bits per heavy atom. The summed E-state index contributed by atoms with van der Waals surface area (Å²) in [5.74, 6) is 2.09. The zero-order chi connectivity index (χ0) is 29.1. The predicted molar refractivity (Wildman–Crippen MR) is 168 cm³/mol. The highest BCUT2D eigenvalue weighted by molar-refractivity contribution is 6.30. The van der Waals surface area contributed by atoms with Crippen molar-refractivity contribution in [2.75, 3.05) is 50.6 Å². The molecule has 2 aliphatic heterocycles. The lowest BCUT2D eigenvalue weighted by Crippen LogP contribution is -2.41. The maximum Gasteiger partial charge on any atom is 0.232 e. The molecular weight excluding hydrogens is 534 g/mol. The molecule has 1 amide bonds. The minimum absolute atomic E-state index is 0.0383. The van der Waals surface area contributed by atoms with Crippen molar-refractivity contribution in [3.05, 3.63) is 82.4 Å². The molecule has 1 saturated heterocycles. The topological polar surface area (TPSA) is 45.3 Å². The van der Waals surface area contributed by atoms with Crippen molar-refractivity contribution in [2.45, 2.75) is 51.7 Å². The average Bonchev–Trinajstić information content (AvgIpc) is 2.98. The second-order valence-electron chi connectivity index (χ2n) is 11.6. The Labute approximate surface area is 249 Å². The van der Waals surface area contributed by atoms with Gasteiger partial charge in [-0.25, -0.2) is 0 Å². The standard InChI is InChI=1S/C34H42ClN3O3/c1-6-23(2)41-32-21-30-26(19-31(32)40-5)20-33(39)38(34(30)25-7-9-27(35)10-8-25)29-13-11-28(12-14-29)37(4)22-24-15-17-36(3)18-16-24/h7-14,19,21,23-24,34H,6,15-18,20,22H2,1-5H3/t23-,34?/m1/s1. The lowest BCUT2D eigenvalue weighted by Gasteiger charge is -2.38. The molecule has 0 spiro atoms. The summed E-state index contributed by atoms with van der Waals surface area (Å²) in [6.45, 7) is 7.52. The molecule has 0 aromatic heterocycles. The van der Waals surface area contributed by atoms with E-state index in [9.17, 15) is 4.79 Å². The van der Waals surface area contributed by atoms with Gasteiger partial charge in [-0.3, -0.25) is 4.79 Å². The smallest absolute Gasteiger partial charge is 0.232 e. The molecule has 3 aromatic rings. The number of amides is 1. The lowest BCUT2D eigenvalue weighted by atomic mass is 9.86. The first kappa shape index (κ1) is 29.3. The second-order valence-corrected chi connectivity index (χ2v) is 12.0. The fourth-order valence-corrected chi connectivity index (χ4v) is 6.11. The van der Waals surface area contributed by atoms with Gasteiger partial charge in [0.15, 0.2) is 11.5 Å². The van der Waals surface area contributed by atoms with Crippen LogP contribution in [0, 0.1) is 5.92 Å². The van der Waals surface area contributed by atoms with Gasteiger partial charge in [0.1, 0.15) is 0 Å². The highest BCUT2D eigenvalue weighted by atomic mass is 35.5. The van der Waals surface area contributed by atoms with Crippen LogP contribution in [-0.4, -0.2) is 57.8 Å². The zero-order valence-electron chi connectivity index (χ0n) is 24.9. The summed E-state index contributed by atoms with van der Waals surface area (Å²) in [4.78, 5) is 20.5. The lowest BCUT2D eigenvalue weighted by molar-refractivity contribution is -0.118. The van der Waals surface area contributed by atoms with Gasteiger partial charge < -0.3 is 24.2 Å². The number of hydrogen-bond donors (Lipinski definition) is 0. The Kier molecular flexibility index (Phi) is 9.10. The molecule has 6 nitrogen and oxygen atoms in total. The van der Waals surface area contributed by atoms with Crippen LogP contribution in [0.1, 0.15) is 55.8 Å². The number of benzene rings is 3. The van der Waals surface area contributed by atoms with Crippen LogP contribution < -0.4 is 19.3 Å². The van der Waals surface area contributed by atoms with Gasteiger partial charge in [0.2, 0.25) is 5.91 Å². The second kappa shape index (κ2) is 12.7. The maximum atomic E-state index is 13.8. The Balaban J connectivity index is 1.49. The number of halogens is 1. The first-order chi connectivity index (χ1) is 19.8. The van der Waals surface area contributed by atoms with E-state index in [-0.39, 0.29) is 24.5 Å². The van der Waals surface area contributed by atoms with Gasteiger partial charge in [-0.1, -0.05) is 30.7 Å². The molecule has 1 fully saturated rings. The van der Waals surface area contributed by atoms with Gasteiger partial charge in [0.05, 0.1) is 25.7 Å². The van der Waals surface area contributed by atoms with Crippen molar-refractivity contribution >= 4 is 28.9 Å². The minimum Gasteiger partial charge on any atom is -0.493 e. The van der Waals surface area contributed by atoms with Crippen molar-refractivity contribution in [3.8, 4) is 11.5 Å². The first-order valence-electron chi connectivity index (χ1n) is 14.7. The molecule has 2 atom stereocenters. The van der Waals surface area contributed by atoms with Crippen LogP contribution in [0.15, 0.2) is 60.7 Å². The van der Waals surface area contributed by atoms with E-state index in [4.69, 9.17) is 21.1 Å². The largest absolute Gasteiger partial charge is 0.493 e. The number of ether oxygens (including phenoxy) is 2. The van der Waals surface area contributed by atoms with E-state index in [1.807, 2.05) is 35.2 Å². The molecule has 0 bridgehead atoms. The van der Waals surface area contributed by atoms with Crippen molar-refractivity contribution < 1.29 is 14.3 Å². The van der Waals surface area contributed by atoms with Crippen LogP contribution >= 0.6 is 11.6 Å². The van der Waals surface area contributed by atoms with Gasteiger partial charge in [0.25, 0.3) is 0 Å². The quantitative estimate of drug-likeness (QED) is 0.275. The Morgan fingerprint density at radius 3 is 2.34 bits per heavy atom. The normalized spacial score (nSPS) is 18.6. The average molecular weight is 576 g/mol. The van der Waals surface area contributed by atoms with Crippen LogP contribution in [0.2, 0.25) is 5.02 Å². The fraction of sp³-hybridized carbons (Fsp3) is 0.441. The van der Waals surface area contributed by atoms with Crippen molar-refractivity contribution in [2.24, 2.45) is 5.92 Å². The number of carbonyl (C=O) groups excluding carboxylic acids is 1. The first-order valence-corrected chi connectivity index (χ1v) is 15.1. The molecule has 3 aromatic carbocycles. The summed E-state index contributed by atoms with van der Waals surface area (Å²) < 4.78 is 12.0. The van der Waals surface area contributed by atoms with Crippen molar-refractivity contribution in [1.82, 2.24) is 4.90 Å². The molecule has 0 saturated carbocycles.